The minimum Gasteiger partial charge on any atom is -0.497 e. The zero-order valence-electron chi connectivity index (χ0n) is 14.3. The SMILES string of the molecule is COc1cccc(-c2cn3c(-c4ccc(OC)c(F)c4)cnc3cn2)c1. The van der Waals surface area contributed by atoms with Crippen LogP contribution in [0.1, 0.15) is 0 Å². The molecule has 5 nitrogen and oxygen atoms in total. The van der Waals surface area contributed by atoms with E-state index in [-0.39, 0.29) is 5.75 Å². The molecular formula is C20H16FN3O2. The number of hydrogen-bond acceptors (Lipinski definition) is 4. The average molecular weight is 349 g/mol. The van der Waals surface area contributed by atoms with Crippen LogP contribution in [0.25, 0.3) is 28.2 Å². The molecule has 0 saturated heterocycles. The predicted octanol–water partition coefficient (Wildman–Crippen LogP) is 4.22. The summed E-state index contributed by atoms with van der Waals surface area (Å²) in [7, 11) is 3.07. The average Bonchev–Trinajstić information content (AvgIpc) is 3.11. The third-order valence-electron chi connectivity index (χ3n) is 4.21. The number of imidazole rings is 1. The van der Waals surface area contributed by atoms with Crippen molar-refractivity contribution >= 4 is 5.65 Å². The molecule has 0 aliphatic carbocycles. The van der Waals surface area contributed by atoms with Gasteiger partial charge in [0, 0.05) is 17.3 Å². The van der Waals surface area contributed by atoms with Gasteiger partial charge in [0.25, 0.3) is 0 Å². The molecule has 0 N–H and O–H groups in total. The number of benzene rings is 2. The summed E-state index contributed by atoms with van der Waals surface area (Å²) in [6.07, 6.45) is 5.28. The van der Waals surface area contributed by atoms with E-state index in [0.29, 0.717) is 11.2 Å². The lowest BCUT2D eigenvalue weighted by Crippen LogP contribution is -1.94. The van der Waals surface area contributed by atoms with E-state index in [1.165, 1.54) is 13.2 Å². The highest BCUT2D eigenvalue weighted by molar-refractivity contribution is 5.67. The highest BCUT2D eigenvalue weighted by Gasteiger charge is 2.11. The molecule has 2 heterocycles. The van der Waals surface area contributed by atoms with Crippen molar-refractivity contribution in [3.05, 3.63) is 66.9 Å². The maximum atomic E-state index is 14.1. The maximum absolute atomic E-state index is 14.1. The van der Waals surface area contributed by atoms with E-state index in [9.17, 15) is 4.39 Å². The highest BCUT2D eigenvalue weighted by Crippen LogP contribution is 2.28. The van der Waals surface area contributed by atoms with E-state index in [0.717, 1.165) is 22.7 Å². The van der Waals surface area contributed by atoms with Crippen LogP contribution in [0.5, 0.6) is 11.5 Å². The lowest BCUT2D eigenvalue weighted by molar-refractivity contribution is 0.386. The first kappa shape index (κ1) is 16.1. The number of fused-ring (bicyclic) bond motifs is 1. The third-order valence-corrected chi connectivity index (χ3v) is 4.21. The summed E-state index contributed by atoms with van der Waals surface area (Å²) >= 11 is 0. The van der Waals surface area contributed by atoms with E-state index in [2.05, 4.69) is 9.97 Å². The summed E-state index contributed by atoms with van der Waals surface area (Å²) in [6, 6.07) is 12.5. The molecular weight excluding hydrogens is 333 g/mol. The van der Waals surface area contributed by atoms with E-state index >= 15 is 0 Å². The van der Waals surface area contributed by atoms with E-state index in [1.54, 1.807) is 31.6 Å². The second kappa shape index (κ2) is 6.48. The van der Waals surface area contributed by atoms with Gasteiger partial charge in [0.1, 0.15) is 5.75 Å². The largest absolute Gasteiger partial charge is 0.497 e. The van der Waals surface area contributed by atoms with Gasteiger partial charge in [0.15, 0.2) is 17.2 Å². The third kappa shape index (κ3) is 2.75. The van der Waals surface area contributed by atoms with Gasteiger partial charge in [0.2, 0.25) is 0 Å². The molecule has 0 aliphatic heterocycles. The van der Waals surface area contributed by atoms with Crippen LogP contribution in [-0.2, 0) is 0 Å². The minimum atomic E-state index is -0.415. The first-order valence-corrected chi connectivity index (χ1v) is 8.01. The molecule has 2 aromatic heterocycles. The molecule has 2 aromatic carbocycles. The zero-order chi connectivity index (χ0) is 18.1. The summed E-state index contributed by atoms with van der Waals surface area (Å²) in [5.74, 6) is 0.552. The lowest BCUT2D eigenvalue weighted by Gasteiger charge is -2.08. The highest BCUT2D eigenvalue weighted by atomic mass is 19.1. The van der Waals surface area contributed by atoms with Crippen LogP contribution >= 0.6 is 0 Å². The molecule has 0 aliphatic rings. The molecule has 0 amide bonds. The van der Waals surface area contributed by atoms with E-state index in [1.807, 2.05) is 34.9 Å². The summed E-state index contributed by atoms with van der Waals surface area (Å²) in [4.78, 5) is 8.83. The van der Waals surface area contributed by atoms with Gasteiger partial charge < -0.3 is 9.47 Å². The normalized spacial score (nSPS) is 10.9. The summed E-state index contributed by atoms with van der Waals surface area (Å²) < 4.78 is 26.2. The summed E-state index contributed by atoms with van der Waals surface area (Å²) in [5.41, 5.74) is 3.85. The maximum Gasteiger partial charge on any atom is 0.165 e. The zero-order valence-corrected chi connectivity index (χ0v) is 14.3. The van der Waals surface area contributed by atoms with Crippen molar-refractivity contribution in [2.24, 2.45) is 0 Å². The molecule has 26 heavy (non-hydrogen) atoms. The second-order valence-electron chi connectivity index (χ2n) is 5.73. The topological polar surface area (TPSA) is 48.7 Å². The van der Waals surface area contributed by atoms with Crippen LogP contribution in [0.4, 0.5) is 4.39 Å². The van der Waals surface area contributed by atoms with E-state index < -0.39 is 5.82 Å². The first-order valence-electron chi connectivity index (χ1n) is 8.01. The number of nitrogens with zero attached hydrogens (tertiary/aromatic N) is 3. The van der Waals surface area contributed by atoms with Gasteiger partial charge in [-0.3, -0.25) is 9.38 Å². The Labute approximate surface area is 149 Å². The molecule has 0 atom stereocenters. The fourth-order valence-corrected chi connectivity index (χ4v) is 2.86. The number of rotatable bonds is 4. The molecule has 4 rings (SSSR count). The quantitative estimate of drug-likeness (QED) is 0.553. The molecule has 0 spiro atoms. The number of hydrogen-bond donors (Lipinski definition) is 0. The fourth-order valence-electron chi connectivity index (χ4n) is 2.86. The minimum absolute atomic E-state index is 0.210. The molecule has 0 saturated carbocycles. The Morgan fingerprint density at radius 2 is 1.81 bits per heavy atom. The van der Waals surface area contributed by atoms with Crippen molar-refractivity contribution in [2.75, 3.05) is 14.2 Å². The Kier molecular flexibility index (Phi) is 4.01. The molecule has 0 unspecified atom stereocenters. The van der Waals surface area contributed by atoms with Gasteiger partial charge in [-0.1, -0.05) is 12.1 Å². The Bertz CT molecular complexity index is 1090. The molecule has 6 heteroatoms. The first-order chi connectivity index (χ1) is 12.7. The van der Waals surface area contributed by atoms with E-state index in [4.69, 9.17) is 9.47 Å². The van der Waals surface area contributed by atoms with Crippen molar-refractivity contribution in [1.29, 1.82) is 0 Å². The van der Waals surface area contributed by atoms with Crippen LogP contribution in [0.3, 0.4) is 0 Å². The standard InChI is InChI=1S/C20H16FN3O2/c1-25-15-5-3-4-13(8-15)17-12-24-18(10-23-20(24)11-22-17)14-6-7-19(26-2)16(21)9-14/h3-12H,1-2H3. The smallest absolute Gasteiger partial charge is 0.165 e. The number of halogens is 1. The number of methoxy groups -OCH3 is 2. The van der Waals surface area contributed by atoms with Crippen molar-refractivity contribution in [2.45, 2.75) is 0 Å². The molecule has 0 bridgehead atoms. The van der Waals surface area contributed by atoms with Crippen molar-refractivity contribution in [3.63, 3.8) is 0 Å². The van der Waals surface area contributed by atoms with Gasteiger partial charge in [-0.15, -0.1) is 0 Å². The van der Waals surface area contributed by atoms with Crippen LogP contribution in [0.2, 0.25) is 0 Å². The lowest BCUT2D eigenvalue weighted by atomic mass is 10.1. The van der Waals surface area contributed by atoms with Crippen LogP contribution in [-0.4, -0.2) is 28.6 Å². The summed E-state index contributed by atoms with van der Waals surface area (Å²) in [5, 5.41) is 0. The van der Waals surface area contributed by atoms with Crippen LogP contribution in [0, 0.1) is 5.82 Å². The molecule has 4 aromatic rings. The van der Waals surface area contributed by atoms with Crippen LogP contribution < -0.4 is 9.47 Å². The number of aromatic nitrogens is 3. The monoisotopic (exact) mass is 349 g/mol. The number of ether oxygens (including phenoxy) is 2. The molecule has 0 radical (unpaired) electrons. The van der Waals surface area contributed by atoms with Gasteiger partial charge in [0.05, 0.1) is 38.0 Å². The van der Waals surface area contributed by atoms with Gasteiger partial charge in [-0.05, 0) is 30.3 Å². The van der Waals surface area contributed by atoms with Crippen molar-refractivity contribution in [3.8, 4) is 34.0 Å². The summed E-state index contributed by atoms with van der Waals surface area (Å²) in [6.45, 7) is 0. The van der Waals surface area contributed by atoms with Gasteiger partial charge >= 0.3 is 0 Å². The molecule has 130 valence electrons. The fraction of sp³-hybridized carbons (Fsp3) is 0.100. The Morgan fingerprint density at radius 3 is 2.58 bits per heavy atom. The van der Waals surface area contributed by atoms with Crippen molar-refractivity contribution < 1.29 is 13.9 Å². The van der Waals surface area contributed by atoms with Crippen molar-refractivity contribution in [1.82, 2.24) is 14.4 Å². The Balaban J connectivity index is 1.83. The molecule has 0 fully saturated rings. The Hall–Kier alpha value is -3.41. The second-order valence-corrected chi connectivity index (χ2v) is 5.73. The predicted molar refractivity (Wildman–Crippen MR) is 96.9 cm³/mol. The van der Waals surface area contributed by atoms with Gasteiger partial charge in [-0.25, -0.2) is 9.37 Å². The van der Waals surface area contributed by atoms with Crippen LogP contribution in [0.15, 0.2) is 61.1 Å². The Morgan fingerprint density at radius 1 is 0.923 bits per heavy atom. The van der Waals surface area contributed by atoms with Gasteiger partial charge in [-0.2, -0.15) is 0 Å².